The normalized spacial score (nSPS) is 12.2. The van der Waals surface area contributed by atoms with Crippen LogP contribution in [0, 0.1) is 13.8 Å². The number of nitrogens with zero attached hydrogens (tertiary/aromatic N) is 2. The number of fused-ring (bicyclic) bond motifs is 2. The Morgan fingerprint density at radius 1 is 1.13 bits per heavy atom. The molecule has 0 spiro atoms. The summed E-state index contributed by atoms with van der Waals surface area (Å²) >= 11 is 7.48. The lowest BCUT2D eigenvalue weighted by molar-refractivity contribution is -0.301. The molecular formula is C21H22ClN2O4S2-. The lowest BCUT2D eigenvalue weighted by Crippen LogP contribution is -2.30. The van der Waals surface area contributed by atoms with Crippen LogP contribution in [0.3, 0.4) is 0 Å². The maximum Gasteiger partial charge on any atom is 0.244 e. The highest BCUT2D eigenvalue weighted by Gasteiger charge is 2.26. The van der Waals surface area contributed by atoms with Crippen LogP contribution in [0.15, 0.2) is 34.1 Å². The van der Waals surface area contributed by atoms with Gasteiger partial charge in [0.1, 0.15) is 4.90 Å². The van der Waals surface area contributed by atoms with Gasteiger partial charge in [0.05, 0.1) is 22.0 Å². The number of carboxylic acids is 1. The summed E-state index contributed by atoms with van der Waals surface area (Å²) in [5.41, 5.74) is 3.18. The number of pyridine rings is 1. The van der Waals surface area contributed by atoms with Crippen molar-refractivity contribution in [2.45, 2.75) is 37.5 Å². The van der Waals surface area contributed by atoms with Gasteiger partial charge in [-0.05, 0) is 37.6 Å². The van der Waals surface area contributed by atoms with Gasteiger partial charge >= 0.3 is 0 Å². The van der Waals surface area contributed by atoms with Gasteiger partial charge in [-0.3, -0.25) is 0 Å². The van der Waals surface area contributed by atoms with E-state index in [0.717, 1.165) is 33.8 Å². The Labute approximate surface area is 185 Å². The predicted octanol–water partition coefficient (Wildman–Crippen LogP) is 3.53. The van der Waals surface area contributed by atoms with E-state index in [-0.39, 0.29) is 15.7 Å². The first-order valence-corrected chi connectivity index (χ1v) is 12.3. The SMILES string of the molecule is CCN(CC)S(=O)(=O)c1cc2c(SCC(=O)[O-])c3cc(C)cc(C)c3nc2cc1Cl. The molecule has 0 N–H and O–H groups in total. The summed E-state index contributed by atoms with van der Waals surface area (Å²) in [6, 6.07) is 6.97. The zero-order chi connectivity index (χ0) is 22.2. The predicted molar refractivity (Wildman–Crippen MR) is 120 cm³/mol. The Morgan fingerprint density at radius 2 is 1.80 bits per heavy atom. The Balaban J connectivity index is 2.41. The van der Waals surface area contributed by atoms with E-state index in [0.29, 0.717) is 28.9 Å². The average molecular weight is 466 g/mol. The number of halogens is 1. The third-order valence-corrected chi connectivity index (χ3v) is 8.50. The van der Waals surface area contributed by atoms with Crippen LogP contribution in [0.2, 0.25) is 5.02 Å². The number of aromatic nitrogens is 1. The first-order chi connectivity index (χ1) is 14.1. The second kappa shape index (κ2) is 8.70. The molecule has 1 heterocycles. The number of benzene rings is 2. The molecule has 0 aliphatic heterocycles. The summed E-state index contributed by atoms with van der Waals surface area (Å²) in [5, 5.41) is 12.6. The van der Waals surface area contributed by atoms with Gasteiger partial charge < -0.3 is 9.90 Å². The molecular weight excluding hydrogens is 444 g/mol. The number of hydrogen-bond donors (Lipinski definition) is 0. The highest BCUT2D eigenvalue weighted by molar-refractivity contribution is 8.00. The maximum absolute atomic E-state index is 13.1. The Kier molecular flexibility index (Phi) is 6.62. The lowest BCUT2D eigenvalue weighted by atomic mass is 10.0. The van der Waals surface area contributed by atoms with Crippen LogP contribution in [0.5, 0.6) is 0 Å². The molecule has 6 nitrogen and oxygen atoms in total. The summed E-state index contributed by atoms with van der Waals surface area (Å²) in [6.45, 7) is 8.03. The molecule has 0 unspecified atom stereocenters. The number of aryl methyl sites for hydroxylation is 2. The third kappa shape index (κ3) is 4.14. The standard InChI is InChI=1S/C21H23ClN2O4S2/c1-5-24(6-2)30(27,28)18-9-14-17(10-16(18)22)23-20-13(4)7-12(3)8-15(20)21(14)29-11-19(25)26/h7-10H,5-6,11H2,1-4H3,(H,25,26)/p-1. The Hall–Kier alpha value is -1.87. The van der Waals surface area contributed by atoms with Crippen molar-refractivity contribution in [2.24, 2.45) is 0 Å². The maximum atomic E-state index is 13.1. The van der Waals surface area contributed by atoms with Gasteiger partial charge in [0, 0.05) is 34.5 Å². The van der Waals surface area contributed by atoms with Gasteiger partial charge in [0.15, 0.2) is 0 Å². The summed E-state index contributed by atoms with van der Waals surface area (Å²) < 4.78 is 27.6. The van der Waals surface area contributed by atoms with Crippen LogP contribution in [-0.2, 0) is 14.8 Å². The molecule has 3 rings (SSSR count). The highest BCUT2D eigenvalue weighted by atomic mass is 35.5. The molecule has 0 atom stereocenters. The summed E-state index contributed by atoms with van der Waals surface area (Å²) in [7, 11) is -3.81. The monoisotopic (exact) mass is 465 g/mol. The second-order valence-corrected chi connectivity index (χ2v) is 10.3. The fourth-order valence-corrected chi connectivity index (χ4v) is 6.42. The highest BCUT2D eigenvalue weighted by Crippen LogP contribution is 2.39. The second-order valence-electron chi connectivity index (χ2n) is 6.97. The number of sulfonamides is 1. The van der Waals surface area contributed by atoms with E-state index >= 15 is 0 Å². The fourth-order valence-electron chi connectivity index (χ4n) is 3.55. The van der Waals surface area contributed by atoms with E-state index in [1.165, 1.54) is 16.4 Å². The molecule has 30 heavy (non-hydrogen) atoms. The molecule has 1 aromatic heterocycles. The lowest BCUT2D eigenvalue weighted by Gasteiger charge is -2.20. The van der Waals surface area contributed by atoms with Gasteiger partial charge in [-0.25, -0.2) is 13.4 Å². The summed E-state index contributed by atoms with van der Waals surface area (Å²) in [5.74, 6) is -1.46. The zero-order valence-corrected chi connectivity index (χ0v) is 19.5. The summed E-state index contributed by atoms with van der Waals surface area (Å²) in [4.78, 5) is 16.5. The number of carboxylic acid groups (broad SMARTS) is 1. The smallest absolute Gasteiger partial charge is 0.244 e. The molecule has 9 heteroatoms. The molecule has 0 aliphatic carbocycles. The molecule has 0 radical (unpaired) electrons. The third-order valence-electron chi connectivity index (χ3n) is 4.87. The molecule has 0 saturated carbocycles. The van der Waals surface area contributed by atoms with Gasteiger partial charge in [0.25, 0.3) is 0 Å². The van der Waals surface area contributed by atoms with Crippen molar-refractivity contribution in [2.75, 3.05) is 18.8 Å². The molecule has 0 bridgehead atoms. The van der Waals surface area contributed by atoms with Crippen molar-refractivity contribution in [3.05, 3.63) is 40.4 Å². The van der Waals surface area contributed by atoms with E-state index in [4.69, 9.17) is 16.6 Å². The van der Waals surface area contributed by atoms with Crippen LogP contribution in [-0.4, -0.2) is 42.5 Å². The van der Waals surface area contributed by atoms with E-state index in [1.54, 1.807) is 13.8 Å². The number of carbonyl (C=O) groups excluding carboxylic acids is 1. The van der Waals surface area contributed by atoms with Crippen LogP contribution in [0.25, 0.3) is 21.8 Å². The molecule has 0 saturated heterocycles. The molecule has 0 aliphatic rings. The molecule has 160 valence electrons. The average Bonchev–Trinajstić information content (AvgIpc) is 2.65. The van der Waals surface area contributed by atoms with E-state index in [9.17, 15) is 18.3 Å². The minimum absolute atomic E-state index is 0.0128. The minimum atomic E-state index is -3.81. The molecule has 0 fully saturated rings. The Morgan fingerprint density at radius 3 is 2.40 bits per heavy atom. The van der Waals surface area contributed by atoms with Crippen molar-refractivity contribution in [3.63, 3.8) is 0 Å². The van der Waals surface area contributed by atoms with Crippen molar-refractivity contribution < 1.29 is 18.3 Å². The van der Waals surface area contributed by atoms with Crippen molar-refractivity contribution in [1.29, 1.82) is 0 Å². The molecule has 2 aromatic carbocycles. The first kappa shape index (κ1) is 22.8. The number of thioether (sulfide) groups is 1. The van der Waals surface area contributed by atoms with Crippen LogP contribution >= 0.6 is 23.4 Å². The first-order valence-electron chi connectivity index (χ1n) is 9.47. The van der Waals surface area contributed by atoms with Crippen molar-refractivity contribution in [3.8, 4) is 0 Å². The van der Waals surface area contributed by atoms with Gasteiger partial charge in [-0.2, -0.15) is 4.31 Å². The van der Waals surface area contributed by atoms with Gasteiger partial charge in [-0.15, -0.1) is 11.8 Å². The number of hydrogen-bond acceptors (Lipinski definition) is 6. The van der Waals surface area contributed by atoms with Crippen LogP contribution < -0.4 is 5.11 Å². The van der Waals surface area contributed by atoms with E-state index in [1.807, 2.05) is 26.0 Å². The quantitative estimate of drug-likeness (QED) is 0.391. The van der Waals surface area contributed by atoms with Crippen molar-refractivity contribution >= 4 is 61.2 Å². The van der Waals surface area contributed by atoms with E-state index < -0.39 is 16.0 Å². The van der Waals surface area contributed by atoms with Gasteiger partial charge in [0.2, 0.25) is 10.0 Å². The summed E-state index contributed by atoms with van der Waals surface area (Å²) in [6.07, 6.45) is 0. The zero-order valence-electron chi connectivity index (χ0n) is 17.2. The van der Waals surface area contributed by atoms with Crippen molar-refractivity contribution in [1.82, 2.24) is 9.29 Å². The number of rotatable bonds is 7. The fraction of sp³-hybridized carbons (Fsp3) is 0.333. The number of aliphatic carboxylic acids is 1. The topological polar surface area (TPSA) is 90.4 Å². The largest absolute Gasteiger partial charge is 0.549 e. The minimum Gasteiger partial charge on any atom is -0.549 e. The van der Waals surface area contributed by atoms with Crippen LogP contribution in [0.4, 0.5) is 0 Å². The van der Waals surface area contributed by atoms with Crippen LogP contribution in [0.1, 0.15) is 25.0 Å². The Bertz CT molecular complexity index is 1260. The number of carbonyl (C=O) groups is 1. The molecule has 0 amide bonds. The molecule has 3 aromatic rings. The van der Waals surface area contributed by atoms with Gasteiger partial charge in [-0.1, -0.05) is 37.1 Å². The van der Waals surface area contributed by atoms with E-state index in [2.05, 4.69) is 0 Å².